The minimum absolute atomic E-state index is 0.106. The van der Waals surface area contributed by atoms with Crippen molar-refractivity contribution in [1.82, 2.24) is 4.98 Å². The monoisotopic (exact) mass is 300 g/mol. The average Bonchev–Trinajstić information content (AvgIpc) is 2.25. The van der Waals surface area contributed by atoms with Crippen LogP contribution in [0.2, 0.25) is 0 Å². The SMILES string of the molecule is O=C(O)Cc1c(C(F)F)ncc(C(F)(F)F)c1[N+](=O)[O-]. The molecule has 1 aromatic rings. The maximum absolute atomic E-state index is 12.6. The Morgan fingerprint density at radius 3 is 2.35 bits per heavy atom. The van der Waals surface area contributed by atoms with Crippen molar-refractivity contribution in [1.29, 1.82) is 0 Å². The van der Waals surface area contributed by atoms with E-state index in [1.165, 1.54) is 0 Å². The highest BCUT2D eigenvalue weighted by atomic mass is 19.4. The first-order chi connectivity index (χ1) is 9.05. The molecule has 6 nitrogen and oxygen atoms in total. The van der Waals surface area contributed by atoms with Gasteiger partial charge in [-0.2, -0.15) is 13.2 Å². The van der Waals surface area contributed by atoms with E-state index in [4.69, 9.17) is 5.11 Å². The summed E-state index contributed by atoms with van der Waals surface area (Å²) in [5.41, 5.74) is -6.20. The van der Waals surface area contributed by atoms with Crippen LogP contribution in [0.4, 0.5) is 27.6 Å². The molecule has 20 heavy (non-hydrogen) atoms. The molecule has 110 valence electrons. The number of carboxylic acids is 1. The van der Waals surface area contributed by atoms with Gasteiger partial charge in [0, 0.05) is 6.20 Å². The summed E-state index contributed by atoms with van der Waals surface area (Å²) in [5, 5.41) is 19.2. The number of nitro groups is 1. The van der Waals surface area contributed by atoms with E-state index in [1.807, 2.05) is 0 Å². The third kappa shape index (κ3) is 3.16. The van der Waals surface area contributed by atoms with Crippen molar-refractivity contribution < 1.29 is 36.8 Å². The predicted octanol–water partition coefficient (Wildman–Crippen LogP) is 2.57. The maximum Gasteiger partial charge on any atom is 0.424 e. The van der Waals surface area contributed by atoms with E-state index in [0.717, 1.165) is 0 Å². The Hall–Kier alpha value is -2.33. The zero-order valence-electron chi connectivity index (χ0n) is 9.32. The lowest BCUT2D eigenvalue weighted by atomic mass is 10.0. The van der Waals surface area contributed by atoms with E-state index < -0.39 is 52.4 Å². The number of rotatable bonds is 4. The fraction of sp³-hybridized carbons (Fsp3) is 0.333. The fourth-order valence-electron chi connectivity index (χ4n) is 1.49. The van der Waals surface area contributed by atoms with E-state index in [9.17, 15) is 36.9 Å². The third-order valence-electron chi connectivity index (χ3n) is 2.21. The Morgan fingerprint density at radius 2 is 2.00 bits per heavy atom. The number of alkyl halides is 5. The van der Waals surface area contributed by atoms with Gasteiger partial charge in [-0.1, -0.05) is 0 Å². The highest BCUT2D eigenvalue weighted by Crippen LogP contribution is 2.40. The topological polar surface area (TPSA) is 93.3 Å². The van der Waals surface area contributed by atoms with Crippen LogP contribution >= 0.6 is 0 Å². The first kappa shape index (κ1) is 15.7. The maximum atomic E-state index is 12.6. The number of halogens is 5. The lowest BCUT2D eigenvalue weighted by Crippen LogP contribution is -2.16. The van der Waals surface area contributed by atoms with E-state index in [-0.39, 0.29) is 6.20 Å². The van der Waals surface area contributed by atoms with Gasteiger partial charge in [-0.25, -0.2) is 8.78 Å². The normalized spacial score (nSPS) is 11.7. The number of carboxylic acid groups (broad SMARTS) is 1. The molecule has 0 amide bonds. The molecule has 0 spiro atoms. The van der Waals surface area contributed by atoms with E-state index in [0.29, 0.717) is 0 Å². The van der Waals surface area contributed by atoms with Crippen LogP contribution in [0.3, 0.4) is 0 Å². The molecule has 0 atom stereocenters. The van der Waals surface area contributed by atoms with Gasteiger partial charge in [-0.05, 0) is 0 Å². The number of nitrogens with zero attached hydrogens (tertiary/aromatic N) is 2. The molecule has 0 bridgehead atoms. The molecule has 1 heterocycles. The molecule has 0 fully saturated rings. The van der Waals surface area contributed by atoms with Crippen molar-refractivity contribution in [3.63, 3.8) is 0 Å². The third-order valence-corrected chi connectivity index (χ3v) is 2.21. The summed E-state index contributed by atoms with van der Waals surface area (Å²) in [6.45, 7) is 0. The summed E-state index contributed by atoms with van der Waals surface area (Å²) in [6, 6.07) is 0. The van der Waals surface area contributed by atoms with Crippen LogP contribution in [-0.4, -0.2) is 21.0 Å². The van der Waals surface area contributed by atoms with Gasteiger partial charge in [-0.15, -0.1) is 0 Å². The van der Waals surface area contributed by atoms with Crippen LogP contribution in [0, 0.1) is 10.1 Å². The zero-order valence-corrected chi connectivity index (χ0v) is 9.32. The Morgan fingerprint density at radius 1 is 1.45 bits per heavy atom. The van der Waals surface area contributed by atoms with E-state index >= 15 is 0 Å². The summed E-state index contributed by atoms with van der Waals surface area (Å²) in [7, 11) is 0. The second-order valence-corrected chi connectivity index (χ2v) is 3.51. The minimum atomic E-state index is -5.22. The summed E-state index contributed by atoms with van der Waals surface area (Å²) in [5.74, 6) is -1.80. The highest BCUT2D eigenvalue weighted by molar-refractivity contribution is 5.73. The fourth-order valence-corrected chi connectivity index (χ4v) is 1.49. The molecule has 0 aliphatic carbocycles. The van der Waals surface area contributed by atoms with Crippen molar-refractivity contribution in [2.24, 2.45) is 0 Å². The van der Waals surface area contributed by atoms with Crippen molar-refractivity contribution in [2.75, 3.05) is 0 Å². The van der Waals surface area contributed by atoms with Gasteiger partial charge in [0.15, 0.2) is 5.56 Å². The van der Waals surface area contributed by atoms with Crippen LogP contribution in [0.15, 0.2) is 6.20 Å². The van der Waals surface area contributed by atoms with Gasteiger partial charge < -0.3 is 5.11 Å². The number of carbonyl (C=O) groups is 1. The molecule has 0 unspecified atom stereocenters. The molecule has 0 saturated heterocycles. The molecule has 0 aliphatic rings. The first-order valence-corrected chi connectivity index (χ1v) is 4.79. The largest absolute Gasteiger partial charge is 0.481 e. The average molecular weight is 300 g/mol. The van der Waals surface area contributed by atoms with Gasteiger partial charge >= 0.3 is 12.1 Å². The molecular weight excluding hydrogens is 295 g/mol. The van der Waals surface area contributed by atoms with E-state index in [2.05, 4.69) is 4.98 Å². The van der Waals surface area contributed by atoms with Gasteiger partial charge in [0.05, 0.1) is 16.9 Å². The molecule has 1 rings (SSSR count). The van der Waals surface area contributed by atoms with Crippen LogP contribution < -0.4 is 0 Å². The molecule has 0 aromatic carbocycles. The van der Waals surface area contributed by atoms with E-state index in [1.54, 1.807) is 0 Å². The van der Waals surface area contributed by atoms with Crippen molar-refractivity contribution in [2.45, 2.75) is 19.0 Å². The molecular formula is C9H5F5N2O4. The molecule has 0 radical (unpaired) electrons. The number of hydrogen-bond donors (Lipinski definition) is 1. The Labute approximate surface area is 107 Å². The van der Waals surface area contributed by atoms with Crippen molar-refractivity contribution in [3.8, 4) is 0 Å². The summed E-state index contributed by atoms with van der Waals surface area (Å²) < 4.78 is 62.9. The van der Waals surface area contributed by atoms with Crippen LogP contribution in [0.5, 0.6) is 0 Å². The molecule has 11 heteroatoms. The molecule has 0 saturated carbocycles. The molecule has 1 aromatic heterocycles. The van der Waals surface area contributed by atoms with Crippen molar-refractivity contribution in [3.05, 3.63) is 33.1 Å². The summed E-state index contributed by atoms with van der Waals surface area (Å²) >= 11 is 0. The molecule has 1 N–H and O–H groups in total. The Balaban J connectivity index is 3.70. The standard InChI is InChI=1S/C9H5F5N2O4/c10-8(11)6-3(1-5(17)18)7(16(19)20)4(2-15-6)9(12,13)14/h2,8H,1H2,(H,17,18). The van der Waals surface area contributed by atoms with Crippen LogP contribution in [0.1, 0.15) is 23.2 Å². The van der Waals surface area contributed by atoms with Gasteiger partial charge in [0.25, 0.3) is 12.1 Å². The smallest absolute Gasteiger partial charge is 0.424 e. The number of hydrogen-bond acceptors (Lipinski definition) is 4. The Bertz CT molecular complexity index is 558. The second-order valence-electron chi connectivity index (χ2n) is 3.51. The summed E-state index contributed by atoms with van der Waals surface area (Å²) in [6.07, 6.45) is -10.1. The predicted molar refractivity (Wildman–Crippen MR) is 52.2 cm³/mol. The quantitative estimate of drug-likeness (QED) is 0.524. The van der Waals surface area contributed by atoms with Gasteiger partial charge in [0.2, 0.25) is 0 Å². The summed E-state index contributed by atoms with van der Waals surface area (Å²) in [4.78, 5) is 22.4. The lowest BCUT2D eigenvalue weighted by molar-refractivity contribution is -0.388. The molecule has 0 aliphatic heterocycles. The first-order valence-electron chi connectivity index (χ1n) is 4.79. The Kier molecular flexibility index (Phi) is 4.20. The van der Waals surface area contributed by atoms with Crippen LogP contribution in [0.25, 0.3) is 0 Å². The number of aliphatic carboxylic acids is 1. The van der Waals surface area contributed by atoms with Crippen LogP contribution in [-0.2, 0) is 17.4 Å². The lowest BCUT2D eigenvalue weighted by Gasteiger charge is -2.12. The number of pyridine rings is 1. The van der Waals surface area contributed by atoms with Crippen molar-refractivity contribution >= 4 is 11.7 Å². The highest BCUT2D eigenvalue weighted by Gasteiger charge is 2.42. The number of aromatic nitrogens is 1. The van der Waals surface area contributed by atoms with Gasteiger partial charge in [-0.3, -0.25) is 19.9 Å². The zero-order chi connectivity index (χ0) is 15.7. The minimum Gasteiger partial charge on any atom is -0.481 e. The second kappa shape index (κ2) is 5.35. The van der Waals surface area contributed by atoms with Gasteiger partial charge in [0.1, 0.15) is 5.69 Å².